The Morgan fingerprint density at radius 1 is 0.375 bits per heavy atom. The van der Waals surface area contributed by atoms with Crippen LogP contribution in [0.25, 0.3) is 0 Å². The van der Waals surface area contributed by atoms with Gasteiger partial charge in [-0.25, -0.2) is 49.4 Å². The number of hydrogen-bond acceptors (Lipinski definition) is 26. The number of nitrogens with zero attached hydrogens (tertiary/aromatic N) is 17. The summed E-state index contributed by atoms with van der Waals surface area (Å²) in [5.41, 5.74) is -1.47. The van der Waals surface area contributed by atoms with E-state index in [1.807, 2.05) is 77.0 Å². The molecule has 8 saturated heterocycles. The monoisotopic (exact) mass is 1520 g/mol. The van der Waals surface area contributed by atoms with Crippen LogP contribution in [0.3, 0.4) is 0 Å². The van der Waals surface area contributed by atoms with Gasteiger partial charge in [-0.3, -0.25) is 0 Å². The minimum Gasteiger partial charge on any atom is -0.476 e. The van der Waals surface area contributed by atoms with Crippen LogP contribution >= 0.6 is 0 Å². The van der Waals surface area contributed by atoms with Gasteiger partial charge in [-0.2, -0.15) is 46.8 Å². The predicted molar refractivity (Wildman–Crippen MR) is 388 cm³/mol. The smallest absolute Gasteiger partial charge is 0.410 e. The fourth-order valence-corrected chi connectivity index (χ4v) is 16.2. The van der Waals surface area contributed by atoms with Crippen molar-refractivity contribution in [3.63, 3.8) is 0 Å². The Labute approximate surface area is 614 Å². The highest BCUT2D eigenvalue weighted by Crippen LogP contribution is 2.27. The summed E-state index contributed by atoms with van der Waals surface area (Å²) in [6.07, 6.45) is 14.1. The Hall–Kier alpha value is -6.62. The molecule has 586 valence electrons. The maximum atomic E-state index is 12.8. The van der Waals surface area contributed by atoms with Crippen LogP contribution in [-0.2, 0) is 54.3 Å². The van der Waals surface area contributed by atoms with Crippen LogP contribution in [0, 0.1) is 17.8 Å². The van der Waals surface area contributed by atoms with Gasteiger partial charge in [0.1, 0.15) is 34.3 Å². The number of nitrogens with two attached hydrogens (primary N) is 1. The van der Waals surface area contributed by atoms with E-state index in [2.05, 4.69) is 29.9 Å². The molecule has 3 aromatic heterocycles. The minimum absolute atomic E-state index is 0. The Bertz CT molecular complexity index is 3340. The molecule has 0 spiro atoms. The van der Waals surface area contributed by atoms with Gasteiger partial charge >= 0.3 is 18.3 Å². The first-order valence-corrected chi connectivity index (χ1v) is 40.0. The third kappa shape index (κ3) is 25.3. The first-order valence-electron chi connectivity index (χ1n) is 35.7. The number of piperidine rings is 3. The van der Waals surface area contributed by atoms with Gasteiger partial charge < -0.3 is 67.3 Å². The fraction of sp³-hybridized carbons (Fsp3) is 0.773. The van der Waals surface area contributed by atoms with E-state index in [-0.39, 0.29) is 25.7 Å². The van der Waals surface area contributed by atoms with Gasteiger partial charge in [0.2, 0.25) is 17.6 Å². The second-order valence-electron chi connectivity index (χ2n) is 29.5. The van der Waals surface area contributed by atoms with Crippen LogP contribution in [0.15, 0.2) is 37.2 Å². The van der Waals surface area contributed by atoms with E-state index in [4.69, 9.17) is 43.0 Å². The van der Waals surface area contributed by atoms with Crippen molar-refractivity contribution in [2.24, 2.45) is 22.9 Å². The third-order valence-corrected chi connectivity index (χ3v) is 23.5. The molecule has 8 aliphatic rings. The molecule has 38 heteroatoms. The van der Waals surface area contributed by atoms with Crippen LogP contribution in [0.4, 0.5) is 31.8 Å². The topological polar surface area (TPSA) is 366 Å². The summed E-state index contributed by atoms with van der Waals surface area (Å²) >= 11 is 0. The quantitative estimate of drug-likeness (QED) is 0.187. The molecule has 8 fully saturated rings. The highest BCUT2D eigenvalue weighted by Gasteiger charge is 2.37. The first-order chi connectivity index (χ1) is 48.7. The molecule has 0 saturated carbocycles. The highest BCUT2D eigenvalue weighted by atomic mass is 32.2. The van der Waals surface area contributed by atoms with Crippen molar-refractivity contribution in [1.29, 1.82) is 0 Å². The highest BCUT2D eigenvalue weighted by molar-refractivity contribution is 7.87. The number of likely N-dealkylation sites (tertiary alicyclic amines) is 3. The van der Waals surface area contributed by atoms with Crippen molar-refractivity contribution in [3.8, 4) is 17.6 Å². The molecule has 0 aromatic carbocycles. The van der Waals surface area contributed by atoms with E-state index >= 15 is 0 Å². The number of piperazine rings is 3. The maximum Gasteiger partial charge on any atom is 0.410 e. The number of carbonyl (C=O) groups is 3. The van der Waals surface area contributed by atoms with Gasteiger partial charge in [-0.1, -0.05) is 7.43 Å². The largest absolute Gasteiger partial charge is 0.476 e. The molecule has 104 heavy (non-hydrogen) atoms. The van der Waals surface area contributed by atoms with E-state index in [0.717, 1.165) is 38.5 Å². The van der Waals surface area contributed by atoms with Crippen LogP contribution in [-0.4, -0.2) is 317 Å². The number of anilines is 3. The SMILES string of the molecule is C.CC(C)(C)OC(=O)N1CCC(COc2cnc(N3CCN(S(=O)(=O)N4CCOCC4)CC3)cn2)CC1.CC(C)(C)OC(=O)N1CCC(COc2cnc(N3CCN(S(=O)(=O)N4CCOCC4)CC3)cn2)CC1.CC(C)(C)OC(=O)N1CCC(COc2cnc(N3CCN(S(N)(=O)=O)CC3)cn2)CC1. The van der Waals surface area contributed by atoms with Crippen LogP contribution in [0.5, 0.6) is 17.6 Å². The van der Waals surface area contributed by atoms with Crippen molar-refractivity contribution in [2.75, 3.05) is 205 Å². The van der Waals surface area contributed by atoms with E-state index < -0.39 is 47.4 Å². The van der Waals surface area contributed by atoms with Crippen LogP contribution < -0.4 is 34.0 Å². The number of rotatable bonds is 17. The molecular formula is C66H112N18O17S3. The molecule has 0 radical (unpaired) electrons. The molecule has 11 heterocycles. The van der Waals surface area contributed by atoms with Crippen LogP contribution in [0.1, 0.15) is 108 Å². The zero-order valence-electron chi connectivity index (χ0n) is 61.3. The molecule has 35 nitrogen and oxygen atoms in total. The van der Waals surface area contributed by atoms with Crippen molar-refractivity contribution < 1.29 is 77.5 Å². The lowest BCUT2D eigenvalue weighted by Crippen LogP contribution is -2.55. The standard InChI is InChI=1S/2C23H38N6O6S.C19H32N6O5S.CH4/c2*1-23(2,3)35-22(30)27-6-4-19(5-7-27)18-34-21-17-24-20(16-25-21)26-8-10-28(11-9-26)36(31,32)29-12-14-33-15-13-29;1-19(2,3)30-18(26)24-6-4-15(5-7-24)14-29-17-13-21-16(12-22-17)23-8-10-25(11-9-23)31(20,27)28;/h2*16-17,19H,4-15,18H2,1-3H3;12-13,15H,4-11,14H2,1-3H3,(H2,20,27,28);1H4. The molecule has 11 rings (SSSR count). The molecule has 0 bridgehead atoms. The first kappa shape index (κ1) is 83.0. The van der Waals surface area contributed by atoms with Gasteiger partial charge in [-0.05, 0) is 119 Å². The predicted octanol–water partition coefficient (Wildman–Crippen LogP) is 3.87. The average Bonchev–Trinajstić information content (AvgIpc) is 0.805. The third-order valence-electron chi connectivity index (χ3n) is 18.3. The van der Waals surface area contributed by atoms with Crippen molar-refractivity contribution in [2.45, 2.75) is 125 Å². The summed E-state index contributed by atoms with van der Waals surface area (Å²) < 4.78 is 126. The molecular weight excluding hydrogens is 1410 g/mol. The maximum absolute atomic E-state index is 12.8. The number of morpholine rings is 2. The Morgan fingerprint density at radius 3 is 0.837 bits per heavy atom. The lowest BCUT2D eigenvalue weighted by atomic mass is 9.98. The second-order valence-corrected chi connectivity index (χ2v) is 34.9. The normalized spacial score (nSPS) is 20.6. The summed E-state index contributed by atoms with van der Waals surface area (Å²) in [5, 5.41) is 5.17. The summed E-state index contributed by atoms with van der Waals surface area (Å²) in [6.45, 7) is 31.1. The van der Waals surface area contributed by atoms with Gasteiger partial charge in [0.05, 0.1) is 83.4 Å². The van der Waals surface area contributed by atoms with Gasteiger partial charge in [-0.15, -0.1) is 0 Å². The van der Waals surface area contributed by atoms with Crippen molar-refractivity contribution >= 4 is 66.4 Å². The van der Waals surface area contributed by atoms with Crippen molar-refractivity contribution in [3.05, 3.63) is 37.2 Å². The van der Waals surface area contributed by atoms with Crippen molar-refractivity contribution in [1.82, 2.24) is 66.1 Å². The van der Waals surface area contributed by atoms with Crippen LogP contribution in [0.2, 0.25) is 0 Å². The lowest BCUT2D eigenvalue weighted by molar-refractivity contribution is 0.0154. The Kier molecular flexibility index (Phi) is 29.8. The number of aromatic nitrogens is 6. The van der Waals surface area contributed by atoms with E-state index in [9.17, 15) is 39.6 Å². The lowest BCUT2D eigenvalue weighted by Gasteiger charge is -2.37. The number of amides is 3. The molecule has 3 amide bonds. The van der Waals surface area contributed by atoms with E-state index in [1.165, 1.54) is 21.5 Å². The Morgan fingerprint density at radius 2 is 0.615 bits per heavy atom. The summed E-state index contributed by atoms with van der Waals surface area (Å²) in [7, 11) is -10.6. The minimum atomic E-state index is -3.65. The summed E-state index contributed by atoms with van der Waals surface area (Å²) in [6, 6.07) is 0. The van der Waals surface area contributed by atoms with E-state index in [0.29, 0.717) is 243 Å². The number of ether oxygens (including phenoxy) is 8. The fourth-order valence-electron chi connectivity index (χ4n) is 12.4. The molecule has 0 atom stereocenters. The molecule has 8 aliphatic heterocycles. The van der Waals surface area contributed by atoms with Gasteiger partial charge in [0, 0.05) is 144 Å². The number of hydrogen-bond donors (Lipinski definition) is 1. The summed E-state index contributed by atoms with van der Waals surface area (Å²) in [5.74, 6) is 4.47. The molecule has 2 N–H and O–H groups in total. The van der Waals surface area contributed by atoms with E-state index in [1.54, 1.807) is 51.9 Å². The molecule has 0 aliphatic carbocycles. The summed E-state index contributed by atoms with van der Waals surface area (Å²) in [4.78, 5) is 74.3. The van der Waals surface area contributed by atoms with Gasteiger partial charge in [0.25, 0.3) is 30.6 Å². The molecule has 3 aromatic rings. The van der Waals surface area contributed by atoms with Gasteiger partial charge in [0.15, 0.2) is 0 Å². The second kappa shape index (κ2) is 37.3. The molecule has 0 unspecified atom stereocenters. The zero-order valence-corrected chi connectivity index (χ0v) is 63.7. The average molecular weight is 1530 g/mol. The Balaban J connectivity index is 0.000000197. The number of carbonyl (C=O) groups excluding carboxylic acids is 3. The zero-order chi connectivity index (χ0) is 74.2.